The summed E-state index contributed by atoms with van der Waals surface area (Å²) in [6, 6.07) is 16.8. The molecule has 1 aliphatic rings. The Bertz CT molecular complexity index is 674. The van der Waals surface area contributed by atoms with Gasteiger partial charge in [-0.15, -0.1) is 0 Å². The van der Waals surface area contributed by atoms with Crippen molar-refractivity contribution in [3.8, 4) is 11.1 Å². The van der Waals surface area contributed by atoms with Crippen molar-refractivity contribution in [3.05, 3.63) is 59.2 Å². The van der Waals surface area contributed by atoms with E-state index in [1.807, 2.05) is 6.07 Å². The van der Waals surface area contributed by atoms with Crippen LogP contribution in [0.1, 0.15) is 57.2 Å². The first-order valence-corrected chi connectivity index (χ1v) is 7.93. The van der Waals surface area contributed by atoms with Crippen LogP contribution in [0.3, 0.4) is 0 Å². The predicted octanol–water partition coefficient (Wildman–Crippen LogP) is 5.81. The Hall–Kier alpha value is -1.56. The minimum atomic E-state index is 0.269. The van der Waals surface area contributed by atoms with Gasteiger partial charge in [0.15, 0.2) is 0 Å². The average Bonchev–Trinajstić information content (AvgIpc) is 2.44. The van der Waals surface area contributed by atoms with Gasteiger partial charge in [0, 0.05) is 0 Å². The van der Waals surface area contributed by atoms with Gasteiger partial charge in [-0.1, -0.05) is 69.7 Å². The molecule has 0 N–H and O–H groups in total. The van der Waals surface area contributed by atoms with Gasteiger partial charge in [0.1, 0.15) is 0 Å². The lowest BCUT2D eigenvalue weighted by Crippen LogP contribution is -2.33. The van der Waals surface area contributed by atoms with Crippen molar-refractivity contribution in [1.82, 2.24) is 0 Å². The monoisotopic (exact) mass is 277 g/mol. The highest BCUT2D eigenvalue weighted by Crippen LogP contribution is 2.46. The molecule has 0 heterocycles. The maximum atomic E-state index is 3.38. The van der Waals surface area contributed by atoms with Crippen LogP contribution in [-0.2, 0) is 10.8 Å². The maximum Gasteiger partial charge on any atom is -0.00990 e. The zero-order valence-electron chi connectivity index (χ0n) is 13.9. The third-order valence-electron chi connectivity index (χ3n) is 5.12. The quantitative estimate of drug-likeness (QED) is 0.617. The van der Waals surface area contributed by atoms with Gasteiger partial charge in [-0.3, -0.25) is 0 Å². The van der Waals surface area contributed by atoms with E-state index in [0.717, 1.165) is 0 Å². The number of hydrogen-bond acceptors (Lipinski definition) is 0. The fourth-order valence-electron chi connectivity index (χ4n) is 3.50. The Morgan fingerprint density at radius 1 is 0.857 bits per heavy atom. The summed E-state index contributed by atoms with van der Waals surface area (Å²) in [5.74, 6) is 0. The van der Waals surface area contributed by atoms with E-state index in [4.69, 9.17) is 0 Å². The lowest BCUT2D eigenvalue weighted by atomic mass is 9.63. The highest BCUT2D eigenvalue weighted by Gasteiger charge is 2.36. The van der Waals surface area contributed by atoms with Crippen molar-refractivity contribution in [2.75, 3.05) is 0 Å². The lowest BCUT2D eigenvalue weighted by molar-refractivity contribution is 0.332. The number of aryl methyl sites for hydroxylation is 1. The Balaban J connectivity index is 2.16. The molecule has 0 amide bonds. The van der Waals surface area contributed by atoms with Gasteiger partial charge in [-0.2, -0.15) is 0 Å². The fourth-order valence-corrected chi connectivity index (χ4v) is 3.50. The Kier molecular flexibility index (Phi) is 3.24. The van der Waals surface area contributed by atoms with E-state index < -0.39 is 0 Å². The van der Waals surface area contributed by atoms with Crippen LogP contribution < -0.4 is 0 Å². The Labute approximate surface area is 129 Å². The van der Waals surface area contributed by atoms with Crippen LogP contribution >= 0.6 is 0 Å². The molecule has 109 valence electrons. The van der Waals surface area contributed by atoms with Gasteiger partial charge >= 0.3 is 0 Å². The van der Waals surface area contributed by atoms with E-state index in [9.17, 15) is 0 Å². The molecule has 0 aliphatic heterocycles. The molecule has 3 rings (SSSR count). The van der Waals surface area contributed by atoms with Crippen LogP contribution in [-0.4, -0.2) is 0 Å². The van der Waals surface area contributed by atoms with E-state index in [0.29, 0.717) is 5.41 Å². The topological polar surface area (TPSA) is 0 Å². The van der Waals surface area contributed by atoms with Gasteiger partial charge in [0.2, 0.25) is 0 Å². The van der Waals surface area contributed by atoms with E-state index in [1.54, 1.807) is 0 Å². The summed E-state index contributed by atoms with van der Waals surface area (Å²) < 4.78 is 0. The maximum absolute atomic E-state index is 3.38. The van der Waals surface area contributed by atoms with Crippen LogP contribution in [0.15, 0.2) is 36.4 Å². The molecule has 0 spiro atoms. The van der Waals surface area contributed by atoms with Gasteiger partial charge in [0.05, 0.1) is 0 Å². The number of rotatable bonds is 1. The highest BCUT2D eigenvalue weighted by molar-refractivity contribution is 5.66. The summed E-state index contributed by atoms with van der Waals surface area (Å²) in [6.45, 7) is 11.7. The molecule has 1 aliphatic carbocycles. The van der Waals surface area contributed by atoms with Gasteiger partial charge in [-0.25, -0.2) is 0 Å². The molecular weight excluding hydrogens is 252 g/mol. The van der Waals surface area contributed by atoms with E-state index >= 15 is 0 Å². The van der Waals surface area contributed by atoms with Crippen molar-refractivity contribution >= 4 is 0 Å². The molecule has 0 fully saturated rings. The van der Waals surface area contributed by atoms with Gasteiger partial charge in [0.25, 0.3) is 0 Å². The average molecular weight is 277 g/mol. The molecule has 0 aromatic heterocycles. The third-order valence-corrected chi connectivity index (χ3v) is 5.12. The van der Waals surface area contributed by atoms with Crippen LogP contribution in [0.4, 0.5) is 0 Å². The van der Waals surface area contributed by atoms with Crippen molar-refractivity contribution in [1.29, 1.82) is 0 Å². The molecular formula is C21H25. The highest BCUT2D eigenvalue weighted by atomic mass is 14.4. The Morgan fingerprint density at radius 2 is 1.52 bits per heavy atom. The molecule has 2 aromatic rings. The molecule has 21 heavy (non-hydrogen) atoms. The molecule has 0 nitrogen and oxygen atoms in total. The van der Waals surface area contributed by atoms with Crippen LogP contribution in [0.25, 0.3) is 11.1 Å². The molecule has 0 saturated heterocycles. The zero-order valence-corrected chi connectivity index (χ0v) is 13.9. The van der Waals surface area contributed by atoms with Crippen molar-refractivity contribution in [2.24, 2.45) is 0 Å². The number of hydrogen-bond donors (Lipinski definition) is 0. The van der Waals surface area contributed by atoms with E-state index in [-0.39, 0.29) is 5.41 Å². The molecule has 0 unspecified atom stereocenters. The first-order valence-electron chi connectivity index (χ1n) is 7.93. The normalized spacial score (nSPS) is 19.1. The van der Waals surface area contributed by atoms with Crippen molar-refractivity contribution < 1.29 is 0 Å². The molecule has 0 saturated carbocycles. The van der Waals surface area contributed by atoms with Gasteiger partial charge < -0.3 is 0 Å². The number of fused-ring (bicyclic) bond motifs is 1. The minimum Gasteiger partial charge on any atom is -0.0587 e. The summed E-state index contributed by atoms with van der Waals surface area (Å²) in [5, 5.41) is 0. The second kappa shape index (κ2) is 4.73. The molecule has 2 aromatic carbocycles. The predicted molar refractivity (Wildman–Crippen MR) is 90.7 cm³/mol. The lowest BCUT2D eigenvalue weighted by Gasteiger charge is -2.42. The molecule has 0 atom stereocenters. The van der Waals surface area contributed by atoms with Crippen molar-refractivity contribution in [3.63, 3.8) is 0 Å². The summed E-state index contributed by atoms with van der Waals surface area (Å²) in [6.07, 6.45) is 2.52. The first-order chi connectivity index (χ1) is 9.79. The van der Waals surface area contributed by atoms with Crippen LogP contribution in [0, 0.1) is 13.0 Å². The van der Waals surface area contributed by atoms with E-state index in [1.165, 1.54) is 40.7 Å². The standard InChI is InChI=1S/C21H25/c1-15-7-6-8-16(13-15)17-9-10-18-19(14-17)21(4,5)12-11-20(18,2)3/h6-7,9-10,13-14H,11-12H2,1-5H3. The largest absolute Gasteiger partial charge is 0.0587 e. The van der Waals surface area contributed by atoms with Crippen molar-refractivity contribution in [2.45, 2.75) is 58.3 Å². The second-order valence-electron chi connectivity index (χ2n) is 7.81. The summed E-state index contributed by atoms with van der Waals surface area (Å²) in [4.78, 5) is 0. The molecule has 1 radical (unpaired) electrons. The smallest absolute Gasteiger partial charge is 0.00990 e. The zero-order chi connectivity index (χ0) is 15.3. The molecule has 0 bridgehead atoms. The van der Waals surface area contributed by atoms with E-state index in [2.05, 4.69) is 71.0 Å². The first kappa shape index (κ1) is 14.4. The second-order valence-corrected chi connectivity index (χ2v) is 7.81. The van der Waals surface area contributed by atoms with Crippen LogP contribution in [0.2, 0.25) is 0 Å². The summed E-state index contributed by atoms with van der Waals surface area (Å²) in [7, 11) is 0. The molecule has 0 heteroatoms. The fraction of sp³-hybridized carbons (Fsp3) is 0.429. The summed E-state index contributed by atoms with van der Waals surface area (Å²) >= 11 is 0. The number of benzene rings is 2. The summed E-state index contributed by atoms with van der Waals surface area (Å²) in [5.41, 5.74) is 7.40. The minimum absolute atomic E-state index is 0.269. The third kappa shape index (κ3) is 2.52. The van der Waals surface area contributed by atoms with Crippen LogP contribution in [0.5, 0.6) is 0 Å². The SMILES string of the molecule is Cc1cc[c]c(-c2ccc3c(c2)C(C)(C)CCC3(C)C)c1. The van der Waals surface area contributed by atoms with Gasteiger partial charge in [-0.05, 0) is 58.9 Å². The Morgan fingerprint density at radius 3 is 2.19 bits per heavy atom.